The fourth-order valence-electron chi connectivity index (χ4n) is 4.47. The first kappa shape index (κ1) is 21.1. The second kappa shape index (κ2) is 8.42. The first-order chi connectivity index (χ1) is 13.7. The Morgan fingerprint density at radius 3 is 1.17 bits per heavy atom. The van der Waals surface area contributed by atoms with Crippen molar-refractivity contribution in [3.8, 4) is 0 Å². The van der Waals surface area contributed by atoms with E-state index >= 15 is 0 Å². The highest BCUT2D eigenvalue weighted by molar-refractivity contribution is 5.98. The quantitative estimate of drug-likeness (QED) is 0.331. The summed E-state index contributed by atoms with van der Waals surface area (Å²) < 4.78 is 14.1. The van der Waals surface area contributed by atoms with Gasteiger partial charge in [-0.15, -0.1) is 0 Å². The Morgan fingerprint density at radius 2 is 0.828 bits per heavy atom. The van der Waals surface area contributed by atoms with Crippen molar-refractivity contribution in [2.45, 2.75) is 52.4 Å². The van der Waals surface area contributed by atoms with Gasteiger partial charge in [-0.2, -0.15) is 0 Å². The minimum Gasteiger partial charge on any atom is -0.393 e. The van der Waals surface area contributed by atoms with Gasteiger partial charge in [0.05, 0.1) is 35.5 Å². The topological polar surface area (TPSA) is 130 Å². The van der Waals surface area contributed by atoms with Crippen molar-refractivity contribution in [1.29, 1.82) is 0 Å². The molecule has 6 atom stereocenters. The molecular formula is C20H24O9. The lowest BCUT2D eigenvalue weighted by Gasteiger charge is -2.18. The van der Waals surface area contributed by atoms with Crippen LogP contribution in [0.4, 0.5) is 0 Å². The van der Waals surface area contributed by atoms with Gasteiger partial charge in [-0.05, 0) is 32.1 Å². The Hall–Kier alpha value is -2.58. The zero-order valence-electron chi connectivity index (χ0n) is 16.4. The minimum absolute atomic E-state index is 0.194. The smallest absolute Gasteiger partial charge is 0.317 e. The van der Waals surface area contributed by atoms with Gasteiger partial charge in [0.2, 0.25) is 0 Å². The molecule has 3 heterocycles. The lowest BCUT2D eigenvalue weighted by molar-refractivity contribution is -0.156. The van der Waals surface area contributed by atoms with Gasteiger partial charge in [-0.3, -0.25) is 28.8 Å². The molecular weight excluding hydrogens is 384 g/mol. The van der Waals surface area contributed by atoms with Crippen LogP contribution in [-0.4, -0.2) is 35.8 Å². The maximum absolute atomic E-state index is 12.2. The van der Waals surface area contributed by atoms with Crippen molar-refractivity contribution in [3.05, 3.63) is 0 Å². The summed E-state index contributed by atoms with van der Waals surface area (Å²) in [4.78, 5) is 71.4. The van der Waals surface area contributed by atoms with Crippen LogP contribution >= 0.6 is 0 Å². The molecule has 0 saturated carbocycles. The maximum Gasteiger partial charge on any atom is 0.317 e. The molecule has 0 aromatic rings. The van der Waals surface area contributed by atoms with E-state index in [1.807, 2.05) is 6.92 Å². The molecule has 0 amide bonds. The molecule has 9 nitrogen and oxygen atoms in total. The number of carbonyl (C=O) groups excluding carboxylic acids is 6. The minimum atomic E-state index is -0.754. The van der Waals surface area contributed by atoms with E-state index in [-0.39, 0.29) is 25.7 Å². The Labute approximate surface area is 167 Å². The molecule has 9 heteroatoms. The monoisotopic (exact) mass is 408 g/mol. The molecule has 3 aliphatic rings. The zero-order valence-corrected chi connectivity index (χ0v) is 16.4. The third-order valence-corrected chi connectivity index (χ3v) is 6.24. The lowest BCUT2D eigenvalue weighted by atomic mass is 9.79. The highest BCUT2D eigenvalue weighted by Gasteiger charge is 2.49. The van der Waals surface area contributed by atoms with Crippen molar-refractivity contribution in [3.63, 3.8) is 0 Å². The van der Waals surface area contributed by atoms with Crippen molar-refractivity contribution < 1.29 is 43.0 Å². The summed E-state index contributed by atoms with van der Waals surface area (Å²) in [7, 11) is 0. The molecule has 3 saturated heterocycles. The molecule has 3 aliphatic heterocycles. The van der Waals surface area contributed by atoms with E-state index < -0.39 is 71.3 Å². The summed E-state index contributed by atoms with van der Waals surface area (Å²) >= 11 is 0. The largest absolute Gasteiger partial charge is 0.393 e. The molecule has 0 aromatic carbocycles. The third kappa shape index (κ3) is 4.09. The number of rotatable bonds is 8. The second-order valence-corrected chi connectivity index (χ2v) is 7.98. The average Bonchev–Trinajstić information content (AvgIpc) is 3.17. The lowest BCUT2D eigenvalue weighted by Crippen LogP contribution is -2.24. The van der Waals surface area contributed by atoms with Gasteiger partial charge in [0, 0.05) is 0 Å². The van der Waals surface area contributed by atoms with Crippen LogP contribution in [0.5, 0.6) is 0 Å². The predicted octanol–water partition coefficient (Wildman–Crippen LogP) is 1.31. The molecule has 0 spiro atoms. The van der Waals surface area contributed by atoms with Crippen molar-refractivity contribution in [2.24, 2.45) is 35.5 Å². The van der Waals surface area contributed by atoms with E-state index in [1.165, 1.54) is 0 Å². The van der Waals surface area contributed by atoms with Crippen LogP contribution in [0.15, 0.2) is 0 Å². The molecule has 0 aliphatic carbocycles. The molecule has 3 fully saturated rings. The molecule has 0 bridgehead atoms. The van der Waals surface area contributed by atoms with Crippen LogP contribution in [0.3, 0.4) is 0 Å². The third-order valence-electron chi connectivity index (χ3n) is 6.24. The van der Waals surface area contributed by atoms with Crippen LogP contribution in [0.25, 0.3) is 0 Å². The maximum atomic E-state index is 12.2. The Bertz CT molecular complexity index is 755. The highest BCUT2D eigenvalue weighted by Crippen LogP contribution is 2.38. The Morgan fingerprint density at radius 1 is 0.517 bits per heavy atom. The van der Waals surface area contributed by atoms with Gasteiger partial charge in [-0.1, -0.05) is 20.3 Å². The normalized spacial score (nSPS) is 34.6. The second-order valence-electron chi connectivity index (χ2n) is 7.98. The summed E-state index contributed by atoms with van der Waals surface area (Å²) in [6.07, 6.45) is 2.08. The number of cyclic esters (lactones) is 6. The summed E-state index contributed by atoms with van der Waals surface area (Å²) in [5.74, 6) is -7.58. The highest BCUT2D eigenvalue weighted by atomic mass is 16.6. The SMILES string of the molecule is CCCC1C(=O)OC(=O)C1CCC1C(=O)OC(=O)C1CCC1C(=O)OC(=O)[C@H]1C. The molecule has 158 valence electrons. The van der Waals surface area contributed by atoms with Crippen LogP contribution in [-0.2, 0) is 43.0 Å². The van der Waals surface area contributed by atoms with E-state index in [0.29, 0.717) is 12.8 Å². The first-order valence-electron chi connectivity index (χ1n) is 10.0. The van der Waals surface area contributed by atoms with Gasteiger partial charge >= 0.3 is 35.8 Å². The van der Waals surface area contributed by atoms with Crippen LogP contribution in [0, 0.1) is 35.5 Å². The van der Waals surface area contributed by atoms with Gasteiger partial charge in [-0.25, -0.2) is 0 Å². The molecule has 29 heavy (non-hydrogen) atoms. The van der Waals surface area contributed by atoms with Crippen molar-refractivity contribution in [1.82, 2.24) is 0 Å². The molecule has 0 radical (unpaired) electrons. The number of hydrogen-bond donors (Lipinski definition) is 0. The van der Waals surface area contributed by atoms with Gasteiger partial charge in [0.25, 0.3) is 0 Å². The van der Waals surface area contributed by atoms with Gasteiger partial charge in [0.1, 0.15) is 0 Å². The molecule has 3 rings (SSSR count). The van der Waals surface area contributed by atoms with Crippen LogP contribution in [0.1, 0.15) is 52.4 Å². The van der Waals surface area contributed by atoms with E-state index in [1.54, 1.807) is 6.92 Å². The molecule has 0 aromatic heterocycles. The first-order valence-corrected chi connectivity index (χ1v) is 10.0. The fourth-order valence-corrected chi connectivity index (χ4v) is 4.47. The summed E-state index contributed by atoms with van der Waals surface area (Å²) in [5.41, 5.74) is 0. The van der Waals surface area contributed by atoms with Crippen molar-refractivity contribution in [2.75, 3.05) is 0 Å². The van der Waals surface area contributed by atoms with E-state index in [2.05, 4.69) is 4.74 Å². The summed E-state index contributed by atoms with van der Waals surface area (Å²) in [6.45, 7) is 3.49. The van der Waals surface area contributed by atoms with E-state index in [0.717, 1.165) is 0 Å². The number of esters is 6. The molecule has 0 N–H and O–H groups in total. The molecule has 5 unspecified atom stereocenters. The van der Waals surface area contributed by atoms with Crippen molar-refractivity contribution >= 4 is 35.8 Å². The summed E-state index contributed by atoms with van der Waals surface area (Å²) in [6, 6.07) is 0. The summed E-state index contributed by atoms with van der Waals surface area (Å²) in [5, 5.41) is 0. The standard InChI is InChI=1S/C20H24O9/c1-3-4-11-12(18(24)28-17(11)23)7-8-14-13(19(25)29-20(14)26)6-5-10-9(2)15(21)27-16(10)22/h9-14H,3-8H2,1-2H3/t9-,10?,11?,12?,13?,14?/m0/s1. The van der Waals surface area contributed by atoms with E-state index in [4.69, 9.17) is 9.47 Å². The zero-order chi connectivity index (χ0) is 21.3. The van der Waals surface area contributed by atoms with Gasteiger partial charge < -0.3 is 14.2 Å². The Kier molecular flexibility index (Phi) is 6.14. The number of hydrogen-bond acceptors (Lipinski definition) is 9. The van der Waals surface area contributed by atoms with Crippen LogP contribution < -0.4 is 0 Å². The number of carbonyl (C=O) groups is 6. The number of ether oxygens (including phenoxy) is 3. The van der Waals surface area contributed by atoms with Crippen LogP contribution in [0.2, 0.25) is 0 Å². The fraction of sp³-hybridized carbons (Fsp3) is 0.700. The van der Waals surface area contributed by atoms with E-state index in [9.17, 15) is 28.8 Å². The Balaban J connectivity index is 1.63. The predicted molar refractivity (Wildman–Crippen MR) is 93.3 cm³/mol. The van der Waals surface area contributed by atoms with Gasteiger partial charge in [0.15, 0.2) is 0 Å². The average molecular weight is 408 g/mol.